The predicted molar refractivity (Wildman–Crippen MR) is 116 cm³/mol. The van der Waals surface area contributed by atoms with Gasteiger partial charge in [-0.15, -0.1) is 0 Å². The second-order valence-corrected chi connectivity index (χ2v) is 7.93. The van der Waals surface area contributed by atoms with Gasteiger partial charge in [0.2, 0.25) is 0 Å². The first-order valence-electron chi connectivity index (χ1n) is 11.4. The predicted octanol–water partition coefficient (Wildman–Crippen LogP) is 8.32. The number of halogens is 3. The van der Waals surface area contributed by atoms with Crippen molar-refractivity contribution in [1.29, 1.82) is 0 Å². The average Bonchev–Trinajstić information content (AvgIpc) is 2.70. The summed E-state index contributed by atoms with van der Waals surface area (Å²) in [5.41, 5.74) is 0.429. The van der Waals surface area contributed by atoms with E-state index < -0.39 is 12.0 Å². The van der Waals surface area contributed by atoms with Crippen molar-refractivity contribution in [2.75, 3.05) is 11.9 Å². The molecular formula is C24H38F3NO. The van der Waals surface area contributed by atoms with Crippen LogP contribution in [0.4, 0.5) is 18.9 Å². The van der Waals surface area contributed by atoms with Gasteiger partial charge in [0.25, 0.3) is 5.78 Å². The lowest BCUT2D eigenvalue weighted by Gasteiger charge is -2.08. The Kier molecular flexibility index (Phi) is 13.5. The van der Waals surface area contributed by atoms with E-state index in [9.17, 15) is 18.0 Å². The average molecular weight is 414 g/mol. The smallest absolute Gasteiger partial charge is 0.385 e. The van der Waals surface area contributed by atoms with Crippen LogP contribution in [0.25, 0.3) is 0 Å². The van der Waals surface area contributed by atoms with Gasteiger partial charge in [0.1, 0.15) is 0 Å². The number of ketones is 1. The van der Waals surface area contributed by atoms with Crippen LogP contribution in [0.2, 0.25) is 0 Å². The minimum absolute atomic E-state index is 0.320. The van der Waals surface area contributed by atoms with E-state index in [2.05, 4.69) is 12.2 Å². The molecule has 0 fully saturated rings. The lowest BCUT2D eigenvalue weighted by Crippen LogP contribution is -2.22. The molecule has 0 unspecified atom stereocenters. The maximum absolute atomic E-state index is 12.4. The second kappa shape index (κ2) is 15.3. The molecule has 29 heavy (non-hydrogen) atoms. The molecule has 0 heterocycles. The normalized spacial score (nSPS) is 11.6. The van der Waals surface area contributed by atoms with Gasteiger partial charge in [-0.25, -0.2) is 0 Å². The summed E-state index contributed by atoms with van der Waals surface area (Å²) in [5.74, 6) is -1.80. The Morgan fingerprint density at radius 1 is 0.724 bits per heavy atom. The molecule has 0 aliphatic carbocycles. The number of carbonyl (C=O) groups is 1. The molecule has 0 saturated carbocycles. The number of hydrogen-bond donors (Lipinski definition) is 1. The number of Topliss-reactive ketones (excluding diaryl/α,β-unsaturated/α-hetero) is 1. The third-order valence-corrected chi connectivity index (χ3v) is 5.26. The molecule has 1 aromatic rings. The van der Waals surface area contributed by atoms with Gasteiger partial charge in [-0.3, -0.25) is 4.79 Å². The number of rotatable bonds is 17. The Hall–Kier alpha value is -1.52. The molecule has 0 atom stereocenters. The van der Waals surface area contributed by atoms with Gasteiger partial charge in [0.15, 0.2) is 0 Å². The number of benzene rings is 1. The molecule has 5 heteroatoms. The van der Waals surface area contributed by atoms with Crippen molar-refractivity contribution in [2.24, 2.45) is 0 Å². The Labute approximate surface area is 174 Å². The van der Waals surface area contributed by atoms with Crippen molar-refractivity contribution in [1.82, 2.24) is 0 Å². The molecule has 166 valence electrons. The molecule has 0 spiro atoms. The number of anilines is 1. The highest BCUT2D eigenvalue weighted by Crippen LogP contribution is 2.22. The van der Waals surface area contributed by atoms with E-state index in [4.69, 9.17) is 0 Å². The Balaban J connectivity index is 1.94. The van der Waals surface area contributed by atoms with Gasteiger partial charge in [0.05, 0.1) is 0 Å². The zero-order valence-electron chi connectivity index (χ0n) is 18.0. The van der Waals surface area contributed by atoms with E-state index in [-0.39, 0.29) is 5.56 Å². The topological polar surface area (TPSA) is 29.1 Å². The molecule has 1 rings (SSSR count). The monoisotopic (exact) mass is 413 g/mol. The van der Waals surface area contributed by atoms with E-state index in [0.29, 0.717) is 0 Å². The van der Waals surface area contributed by atoms with Crippen LogP contribution in [0.5, 0.6) is 0 Å². The summed E-state index contributed by atoms with van der Waals surface area (Å²) in [5, 5.41) is 3.20. The maximum Gasteiger partial charge on any atom is 0.454 e. The van der Waals surface area contributed by atoms with Gasteiger partial charge < -0.3 is 5.32 Å². The number of nitrogens with one attached hydrogen (secondary N) is 1. The van der Waals surface area contributed by atoms with Gasteiger partial charge in [-0.1, -0.05) is 90.4 Å². The van der Waals surface area contributed by atoms with Crippen LogP contribution >= 0.6 is 0 Å². The second-order valence-electron chi connectivity index (χ2n) is 7.93. The third-order valence-electron chi connectivity index (χ3n) is 5.26. The van der Waals surface area contributed by atoms with Crippen molar-refractivity contribution in [3.63, 3.8) is 0 Å². The molecule has 0 bridgehead atoms. The summed E-state index contributed by atoms with van der Waals surface area (Å²) in [7, 11) is 0. The van der Waals surface area contributed by atoms with Gasteiger partial charge >= 0.3 is 6.18 Å². The fourth-order valence-electron chi connectivity index (χ4n) is 3.46. The van der Waals surface area contributed by atoms with Crippen LogP contribution in [0.15, 0.2) is 24.3 Å². The molecule has 0 aromatic heterocycles. The molecule has 0 radical (unpaired) electrons. The number of alkyl halides is 3. The van der Waals surface area contributed by atoms with E-state index in [1.165, 1.54) is 101 Å². The first-order valence-corrected chi connectivity index (χ1v) is 11.4. The van der Waals surface area contributed by atoms with Crippen LogP contribution < -0.4 is 5.32 Å². The fraction of sp³-hybridized carbons (Fsp3) is 0.708. The Morgan fingerprint density at radius 3 is 1.55 bits per heavy atom. The largest absolute Gasteiger partial charge is 0.454 e. The summed E-state index contributed by atoms with van der Waals surface area (Å²) in [6, 6.07) is 5.51. The summed E-state index contributed by atoms with van der Waals surface area (Å²) < 4.78 is 37.1. The molecular weight excluding hydrogens is 375 g/mol. The lowest BCUT2D eigenvalue weighted by atomic mass is 10.0. The van der Waals surface area contributed by atoms with Gasteiger partial charge in [-0.2, -0.15) is 13.2 Å². The quantitative estimate of drug-likeness (QED) is 0.205. The Bertz CT molecular complexity index is 540. The summed E-state index contributed by atoms with van der Waals surface area (Å²) >= 11 is 0. The standard InChI is InChI=1S/C24H38F3NO/c1-2-3-4-5-6-7-8-9-10-11-12-13-14-15-20-28-22-18-16-21(17-19-22)23(29)24(25,26)27/h16-19,28H,2-15,20H2,1H3. The minimum Gasteiger partial charge on any atom is -0.385 e. The maximum atomic E-state index is 12.4. The minimum atomic E-state index is -4.82. The van der Waals surface area contributed by atoms with E-state index in [1.54, 1.807) is 0 Å². The number of unbranched alkanes of at least 4 members (excludes halogenated alkanes) is 13. The SMILES string of the molecule is CCCCCCCCCCCCCCCCNc1ccc(C(=O)C(F)(F)F)cc1. The summed E-state index contributed by atoms with van der Waals surface area (Å²) in [4.78, 5) is 11.1. The molecule has 1 N–H and O–H groups in total. The number of carbonyl (C=O) groups excluding carboxylic acids is 1. The fourth-order valence-corrected chi connectivity index (χ4v) is 3.46. The zero-order chi connectivity index (χ0) is 21.4. The van der Waals surface area contributed by atoms with Gasteiger partial charge in [0, 0.05) is 17.8 Å². The van der Waals surface area contributed by atoms with Crippen molar-refractivity contribution < 1.29 is 18.0 Å². The molecule has 2 nitrogen and oxygen atoms in total. The lowest BCUT2D eigenvalue weighted by molar-refractivity contribution is -0.0885. The van der Waals surface area contributed by atoms with E-state index in [0.717, 1.165) is 25.1 Å². The van der Waals surface area contributed by atoms with Crippen molar-refractivity contribution in [2.45, 2.75) is 103 Å². The molecule has 0 aliphatic rings. The van der Waals surface area contributed by atoms with Crippen molar-refractivity contribution in [3.8, 4) is 0 Å². The van der Waals surface area contributed by atoms with Crippen LogP contribution in [0.3, 0.4) is 0 Å². The van der Waals surface area contributed by atoms with Crippen LogP contribution in [-0.4, -0.2) is 18.5 Å². The van der Waals surface area contributed by atoms with Crippen LogP contribution in [0, 0.1) is 0 Å². The van der Waals surface area contributed by atoms with Crippen LogP contribution in [0.1, 0.15) is 107 Å². The van der Waals surface area contributed by atoms with Crippen molar-refractivity contribution >= 4 is 11.5 Å². The van der Waals surface area contributed by atoms with Crippen LogP contribution in [-0.2, 0) is 0 Å². The third kappa shape index (κ3) is 12.6. The molecule has 1 aromatic carbocycles. The first-order chi connectivity index (χ1) is 13.9. The molecule has 0 saturated heterocycles. The van der Waals surface area contributed by atoms with E-state index >= 15 is 0 Å². The Morgan fingerprint density at radius 2 is 1.14 bits per heavy atom. The highest BCUT2D eigenvalue weighted by molar-refractivity contribution is 6.00. The zero-order valence-corrected chi connectivity index (χ0v) is 18.0. The number of hydrogen-bond acceptors (Lipinski definition) is 2. The first kappa shape index (κ1) is 25.5. The van der Waals surface area contributed by atoms with Crippen molar-refractivity contribution in [3.05, 3.63) is 29.8 Å². The molecule has 0 amide bonds. The summed E-state index contributed by atoms with van der Waals surface area (Å²) in [6.45, 7) is 3.05. The van der Waals surface area contributed by atoms with Gasteiger partial charge in [-0.05, 0) is 30.7 Å². The summed E-state index contributed by atoms with van der Waals surface area (Å²) in [6.07, 6.45) is 13.6. The van der Waals surface area contributed by atoms with E-state index in [1.807, 2.05) is 0 Å². The highest BCUT2D eigenvalue weighted by atomic mass is 19.4. The molecule has 0 aliphatic heterocycles. The highest BCUT2D eigenvalue weighted by Gasteiger charge is 2.39.